The molecule has 0 spiro atoms. The Bertz CT molecular complexity index is 1900. The number of hydrogen-bond acceptors (Lipinski definition) is 7. The zero-order valence-corrected chi connectivity index (χ0v) is 29.7. The van der Waals surface area contributed by atoms with Crippen molar-refractivity contribution in [1.29, 1.82) is 0 Å². The van der Waals surface area contributed by atoms with E-state index in [0.29, 0.717) is 31.9 Å². The number of fused-ring (bicyclic) bond motifs is 7. The van der Waals surface area contributed by atoms with E-state index in [1.54, 1.807) is 13.2 Å². The smallest absolute Gasteiger partial charge is 0.264 e. The van der Waals surface area contributed by atoms with Crippen LogP contribution in [0.25, 0.3) is 22.2 Å². The first-order valence-corrected chi connectivity index (χ1v) is 19.7. The van der Waals surface area contributed by atoms with Gasteiger partial charge in [-0.25, -0.2) is 13.1 Å². The van der Waals surface area contributed by atoms with Crippen LogP contribution in [0.4, 0.5) is 0 Å². The second kappa shape index (κ2) is 12.4. The maximum absolute atomic E-state index is 14.8. The molecule has 11 heteroatoms. The third-order valence-electron chi connectivity index (χ3n) is 11.8. The zero-order chi connectivity index (χ0) is 34.1. The van der Waals surface area contributed by atoms with Gasteiger partial charge < -0.3 is 23.8 Å². The van der Waals surface area contributed by atoms with Crippen molar-refractivity contribution in [1.82, 2.24) is 19.1 Å². The van der Waals surface area contributed by atoms with E-state index in [1.165, 1.54) is 12.0 Å². The van der Waals surface area contributed by atoms with Crippen LogP contribution in [-0.2, 0) is 32.5 Å². The summed E-state index contributed by atoms with van der Waals surface area (Å²) >= 11 is 0. The summed E-state index contributed by atoms with van der Waals surface area (Å²) in [5.41, 5.74) is 4.98. The van der Waals surface area contributed by atoms with E-state index < -0.39 is 27.4 Å². The molecule has 2 bridgehead atoms. The Morgan fingerprint density at radius 1 is 1.02 bits per heavy atom. The molecular formula is C38H48N4O6S. The largest absolute Gasteiger partial charge is 0.497 e. The van der Waals surface area contributed by atoms with Crippen molar-refractivity contribution in [2.24, 2.45) is 5.41 Å². The lowest BCUT2D eigenvalue weighted by atomic mass is 9.77. The topological polar surface area (TPSA) is 110 Å². The van der Waals surface area contributed by atoms with Crippen molar-refractivity contribution in [3.8, 4) is 17.0 Å². The summed E-state index contributed by atoms with van der Waals surface area (Å²) in [5.74, 6) is 0.410. The molecule has 5 aliphatic rings. The minimum atomic E-state index is -3.89. The first-order chi connectivity index (χ1) is 23.5. The molecule has 8 rings (SSSR count). The van der Waals surface area contributed by atoms with Gasteiger partial charge in [0, 0.05) is 60.4 Å². The van der Waals surface area contributed by atoms with Gasteiger partial charge in [0.25, 0.3) is 5.91 Å². The van der Waals surface area contributed by atoms with Crippen LogP contribution in [0.1, 0.15) is 85.7 Å². The Morgan fingerprint density at radius 2 is 1.80 bits per heavy atom. The fourth-order valence-electron chi connectivity index (χ4n) is 9.55. The second-order valence-corrected chi connectivity index (χ2v) is 17.3. The number of sulfonamides is 1. The number of hydrogen-bond donors (Lipinski definition) is 1. The molecule has 2 amide bonds. The van der Waals surface area contributed by atoms with Crippen LogP contribution >= 0.6 is 0 Å². The summed E-state index contributed by atoms with van der Waals surface area (Å²) < 4.78 is 41.8. The van der Waals surface area contributed by atoms with Gasteiger partial charge in [-0.3, -0.25) is 9.59 Å². The van der Waals surface area contributed by atoms with E-state index in [0.717, 1.165) is 85.1 Å². The minimum Gasteiger partial charge on any atom is -0.497 e. The van der Waals surface area contributed by atoms with Gasteiger partial charge in [0.1, 0.15) is 5.75 Å². The van der Waals surface area contributed by atoms with Crippen LogP contribution in [0.2, 0.25) is 0 Å². The first kappa shape index (κ1) is 32.8. The maximum Gasteiger partial charge on any atom is 0.264 e. The molecular weight excluding hydrogens is 641 g/mol. The highest BCUT2D eigenvalue weighted by atomic mass is 32.2. The van der Waals surface area contributed by atoms with Gasteiger partial charge in [0.05, 0.1) is 30.1 Å². The Morgan fingerprint density at radius 3 is 2.51 bits per heavy atom. The second-order valence-electron chi connectivity index (χ2n) is 15.5. The third-order valence-corrected chi connectivity index (χ3v) is 13.1. The average Bonchev–Trinajstić information content (AvgIpc) is 3.66. The summed E-state index contributed by atoms with van der Waals surface area (Å²) in [6, 6.07) is 12.3. The van der Waals surface area contributed by atoms with Crippen LogP contribution in [0, 0.1) is 5.41 Å². The molecule has 49 heavy (non-hydrogen) atoms. The van der Waals surface area contributed by atoms with E-state index >= 15 is 0 Å². The van der Waals surface area contributed by atoms with Crippen LogP contribution < -0.4 is 9.46 Å². The number of methoxy groups -OCH3 is 1. The summed E-state index contributed by atoms with van der Waals surface area (Å²) in [4.78, 5) is 32.8. The van der Waals surface area contributed by atoms with E-state index in [2.05, 4.69) is 45.2 Å². The molecule has 3 aromatic rings. The number of benzene rings is 2. The number of rotatable bonds is 7. The molecule has 262 valence electrons. The molecule has 4 fully saturated rings. The third kappa shape index (κ3) is 5.85. The van der Waals surface area contributed by atoms with Crippen molar-refractivity contribution in [3.63, 3.8) is 0 Å². The summed E-state index contributed by atoms with van der Waals surface area (Å²) in [5, 5.41) is 1.07. The van der Waals surface area contributed by atoms with E-state index in [9.17, 15) is 18.0 Å². The number of nitrogens with zero attached hydrogens (tertiary/aromatic N) is 3. The van der Waals surface area contributed by atoms with Crippen LogP contribution in [0.5, 0.6) is 5.75 Å². The van der Waals surface area contributed by atoms with Gasteiger partial charge in [0.15, 0.2) is 0 Å². The number of amides is 2. The molecule has 4 unspecified atom stereocenters. The van der Waals surface area contributed by atoms with Crippen LogP contribution in [0.3, 0.4) is 0 Å². The lowest BCUT2D eigenvalue weighted by Crippen LogP contribution is -2.71. The molecule has 3 saturated heterocycles. The average molecular weight is 689 g/mol. The van der Waals surface area contributed by atoms with E-state index in [4.69, 9.17) is 9.47 Å². The Hall–Kier alpha value is -3.41. The highest BCUT2D eigenvalue weighted by molar-refractivity contribution is 7.90. The molecule has 10 nitrogen and oxygen atoms in total. The Labute approximate surface area is 289 Å². The number of aromatic nitrogens is 1. The number of likely N-dealkylation sites (tertiary alicyclic amines) is 2. The monoisotopic (exact) mass is 688 g/mol. The fraction of sp³-hybridized carbons (Fsp3) is 0.579. The molecule has 5 heterocycles. The summed E-state index contributed by atoms with van der Waals surface area (Å²) in [7, 11) is -0.0841. The number of piperazine rings is 1. The predicted molar refractivity (Wildman–Crippen MR) is 188 cm³/mol. The Balaban J connectivity index is 1.26. The quantitative estimate of drug-likeness (QED) is 0.369. The van der Waals surface area contributed by atoms with E-state index in [1.807, 2.05) is 18.2 Å². The van der Waals surface area contributed by atoms with Gasteiger partial charge in [-0.05, 0) is 99.9 Å². The number of ether oxygens (including phenoxy) is 2. The number of likely N-dealkylation sites (N-methyl/N-ethyl adjacent to an activating group) is 1. The number of carbonyl (C=O) groups excluding carboxylic acids is 2. The van der Waals surface area contributed by atoms with Gasteiger partial charge in [0.2, 0.25) is 15.9 Å². The normalized spacial score (nSPS) is 27.2. The molecule has 4 aliphatic heterocycles. The van der Waals surface area contributed by atoms with Gasteiger partial charge in [-0.2, -0.15) is 0 Å². The van der Waals surface area contributed by atoms with Crippen molar-refractivity contribution in [2.45, 2.75) is 95.4 Å². The van der Waals surface area contributed by atoms with Crippen LogP contribution in [-0.4, -0.2) is 92.4 Å². The lowest BCUT2D eigenvalue weighted by Gasteiger charge is -2.57. The fourth-order valence-corrected chi connectivity index (χ4v) is 10.8. The van der Waals surface area contributed by atoms with Crippen molar-refractivity contribution >= 4 is 32.7 Å². The van der Waals surface area contributed by atoms with Crippen molar-refractivity contribution in [2.75, 3.05) is 39.6 Å². The van der Waals surface area contributed by atoms with Crippen LogP contribution in [0.15, 0.2) is 36.4 Å². The molecule has 1 aliphatic carbocycles. The van der Waals surface area contributed by atoms with Crippen molar-refractivity contribution < 1.29 is 27.5 Å². The molecule has 4 atom stereocenters. The predicted octanol–water partition coefficient (Wildman–Crippen LogP) is 5.08. The first-order valence-electron chi connectivity index (χ1n) is 18.0. The molecule has 0 radical (unpaired) electrons. The minimum absolute atomic E-state index is 0.179. The molecule has 2 aromatic carbocycles. The lowest BCUT2D eigenvalue weighted by molar-refractivity contribution is -0.164. The molecule has 1 saturated carbocycles. The number of nitrogens with one attached hydrogen (secondary N) is 1. The van der Waals surface area contributed by atoms with Gasteiger partial charge >= 0.3 is 0 Å². The van der Waals surface area contributed by atoms with E-state index in [-0.39, 0.29) is 29.3 Å². The zero-order valence-electron chi connectivity index (χ0n) is 28.9. The summed E-state index contributed by atoms with van der Waals surface area (Å²) in [6.07, 6.45) is 8.44. The van der Waals surface area contributed by atoms with Gasteiger partial charge in [-0.15, -0.1) is 0 Å². The maximum atomic E-state index is 14.8. The van der Waals surface area contributed by atoms with Crippen molar-refractivity contribution in [3.05, 3.63) is 53.1 Å². The number of piperidine rings is 1. The van der Waals surface area contributed by atoms with Gasteiger partial charge in [-0.1, -0.05) is 25.3 Å². The molecule has 1 N–H and O–H groups in total. The standard InChI is InChI=1S/C38H48N4O6S/c1-38(37(44)42-27-18-28(42)21-40(2)20-27)19-26-16-29(47-3)12-14-31(26)35-34(24-8-5-4-6-9-24)32-13-11-25(17-33(32)41(35)23-38)36(43)39-49(45,46)22-30-10-7-15-48-30/h11-14,16-17,24,27-28,30H,4-10,15,18-23H2,1-3H3,(H,39,43). The highest BCUT2D eigenvalue weighted by Crippen LogP contribution is 2.50. The highest BCUT2D eigenvalue weighted by Gasteiger charge is 2.52. The number of carbonyl (C=O) groups is 2. The molecule has 1 aromatic heterocycles. The SMILES string of the molecule is COc1ccc2c(c1)CC(C)(C(=O)N1C3CC1CN(C)C3)Cn1c-2c(C2CCCCC2)c2ccc(C(=O)NS(=O)(=O)CC3CCCO3)cc21. The summed E-state index contributed by atoms with van der Waals surface area (Å²) in [6.45, 7) is 4.88. The Kier molecular flexibility index (Phi) is 8.31.